The molecule has 0 radical (unpaired) electrons. The van der Waals surface area contributed by atoms with Gasteiger partial charge in [0.05, 0.1) is 15.0 Å². The lowest BCUT2D eigenvalue weighted by atomic mass is 10.2. The summed E-state index contributed by atoms with van der Waals surface area (Å²) in [6, 6.07) is 5.43. The van der Waals surface area contributed by atoms with Gasteiger partial charge in [-0.05, 0) is 40.5 Å². The average molecular weight is 342 g/mol. The lowest BCUT2D eigenvalue weighted by molar-refractivity contribution is 0.0698. The first kappa shape index (κ1) is 13.8. The molecular formula is C12H12BrN3O2S. The van der Waals surface area contributed by atoms with Crippen LogP contribution in [0.5, 0.6) is 0 Å². The molecule has 0 amide bonds. The zero-order chi connectivity index (χ0) is 13.8. The van der Waals surface area contributed by atoms with E-state index in [0.717, 1.165) is 10.2 Å². The molecule has 0 bridgehead atoms. The molecule has 2 aromatic rings. The monoisotopic (exact) mass is 341 g/mol. The lowest BCUT2D eigenvalue weighted by Gasteiger charge is -2.09. The van der Waals surface area contributed by atoms with E-state index in [-0.39, 0.29) is 11.3 Å². The third-order valence-corrected chi connectivity index (χ3v) is 4.20. The van der Waals surface area contributed by atoms with Gasteiger partial charge in [0.1, 0.15) is 5.82 Å². The number of hydrogen-bond acceptors (Lipinski definition) is 5. The minimum absolute atomic E-state index is 0.0661. The number of hydrogen-bond donors (Lipinski definition) is 3. The fraction of sp³-hybridized carbons (Fsp3) is 0.167. The molecule has 100 valence electrons. The van der Waals surface area contributed by atoms with Gasteiger partial charge in [0, 0.05) is 17.6 Å². The number of thiophene rings is 1. The summed E-state index contributed by atoms with van der Waals surface area (Å²) < 4.78 is 1.09. The van der Waals surface area contributed by atoms with Crippen molar-refractivity contribution in [1.29, 1.82) is 0 Å². The third-order valence-electron chi connectivity index (χ3n) is 2.51. The van der Waals surface area contributed by atoms with Gasteiger partial charge >= 0.3 is 5.97 Å². The molecule has 0 unspecified atom stereocenters. The molecule has 2 aromatic heterocycles. The van der Waals surface area contributed by atoms with Gasteiger partial charge in [-0.1, -0.05) is 0 Å². The summed E-state index contributed by atoms with van der Waals surface area (Å²) >= 11 is 5.07. The number of halogens is 1. The number of carboxylic acid groups (broad SMARTS) is 1. The molecule has 0 saturated carbocycles. The van der Waals surface area contributed by atoms with E-state index in [9.17, 15) is 4.79 Å². The Balaban J connectivity index is 2.00. The number of nitrogen functional groups attached to an aromatic ring is 1. The van der Waals surface area contributed by atoms with Crippen molar-refractivity contribution in [2.45, 2.75) is 6.42 Å². The Bertz CT molecular complexity index is 600. The number of carbonyl (C=O) groups is 1. The highest BCUT2D eigenvalue weighted by Crippen LogP contribution is 2.23. The second-order valence-electron chi connectivity index (χ2n) is 3.81. The molecule has 2 heterocycles. The smallest absolute Gasteiger partial charge is 0.337 e. The van der Waals surface area contributed by atoms with Gasteiger partial charge in [-0.25, -0.2) is 9.78 Å². The van der Waals surface area contributed by atoms with Crippen molar-refractivity contribution in [2.24, 2.45) is 0 Å². The average Bonchev–Trinajstić information content (AvgIpc) is 2.77. The maximum atomic E-state index is 10.9. The molecule has 19 heavy (non-hydrogen) atoms. The summed E-state index contributed by atoms with van der Waals surface area (Å²) in [5, 5.41) is 12.0. The van der Waals surface area contributed by atoms with Crippen LogP contribution < -0.4 is 11.1 Å². The van der Waals surface area contributed by atoms with Gasteiger partial charge in [0.2, 0.25) is 0 Å². The van der Waals surface area contributed by atoms with Gasteiger partial charge in [0.25, 0.3) is 0 Å². The molecule has 0 fully saturated rings. The van der Waals surface area contributed by atoms with Crippen LogP contribution in [0.1, 0.15) is 15.2 Å². The largest absolute Gasteiger partial charge is 0.478 e. The Kier molecular flexibility index (Phi) is 4.39. The number of aromatic carboxylic acids is 1. The fourth-order valence-corrected chi connectivity index (χ4v) is 3.07. The van der Waals surface area contributed by atoms with Crippen LogP contribution in [0.3, 0.4) is 0 Å². The van der Waals surface area contributed by atoms with E-state index < -0.39 is 5.97 Å². The Morgan fingerprint density at radius 1 is 1.47 bits per heavy atom. The molecular weight excluding hydrogens is 330 g/mol. The van der Waals surface area contributed by atoms with Crippen molar-refractivity contribution in [3.8, 4) is 0 Å². The summed E-state index contributed by atoms with van der Waals surface area (Å²) in [5.74, 6) is -0.638. The van der Waals surface area contributed by atoms with E-state index in [2.05, 4.69) is 26.2 Å². The number of nitrogens with two attached hydrogens (primary N) is 1. The van der Waals surface area contributed by atoms with Crippen LogP contribution in [0.15, 0.2) is 28.2 Å². The van der Waals surface area contributed by atoms with Crippen LogP contribution in [-0.4, -0.2) is 22.6 Å². The molecule has 0 aliphatic rings. The van der Waals surface area contributed by atoms with E-state index >= 15 is 0 Å². The molecule has 0 atom stereocenters. The summed E-state index contributed by atoms with van der Waals surface area (Å²) in [4.78, 5) is 16.2. The normalized spacial score (nSPS) is 10.4. The van der Waals surface area contributed by atoms with Crippen molar-refractivity contribution in [2.75, 3.05) is 17.6 Å². The highest BCUT2D eigenvalue weighted by atomic mass is 79.9. The first-order valence-electron chi connectivity index (χ1n) is 5.54. The zero-order valence-corrected chi connectivity index (χ0v) is 12.3. The summed E-state index contributed by atoms with van der Waals surface area (Å²) in [5.41, 5.74) is 5.99. The molecule has 0 aliphatic carbocycles. The predicted octanol–water partition coefficient (Wildman–Crippen LogP) is 2.84. The maximum Gasteiger partial charge on any atom is 0.337 e. The first-order valence-corrected chi connectivity index (χ1v) is 7.14. The minimum atomic E-state index is -1.05. The number of carboxylic acids is 1. The molecule has 0 spiro atoms. The van der Waals surface area contributed by atoms with Crippen molar-refractivity contribution in [1.82, 2.24) is 4.98 Å². The Hall–Kier alpha value is -1.60. The van der Waals surface area contributed by atoms with Gasteiger partial charge in [-0.2, -0.15) is 0 Å². The number of pyridine rings is 1. The topological polar surface area (TPSA) is 88.2 Å². The van der Waals surface area contributed by atoms with E-state index in [1.54, 1.807) is 11.3 Å². The fourth-order valence-electron chi connectivity index (χ4n) is 1.59. The van der Waals surface area contributed by atoms with Crippen LogP contribution >= 0.6 is 27.3 Å². The molecule has 7 heteroatoms. The standard InChI is InChI=1S/C12H12BrN3O2S/c13-9-2-1-7(19-9)3-5-15-11-10(14)8(12(17)18)4-6-16-11/h1-2,4,6H,3,5,14H2,(H,15,16)(H,17,18). The summed E-state index contributed by atoms with van der Waals surface area (Å²) in [7, 11) is 0. The summed E-state index contributed by atoms with van der Waals surface area (Å²) in [6.45, 7) is 0.646. The van der Waals surface area contributed by atoms with Crippen LogP contribution in [0.2, 0.25) is 0 Å². The molecule has 4 N–H and O–H groups in total. The van der Waals surface area contributed by atoms with Crippen LogP contribution in [-0.2, 0) is 6.42 Å². The van der Waals surface area contributed by atoms with E-state index in [1.165, 1.54) is 17.1 Å². The van der Waals surface area contributed by atoms with E-state index in [1.807, 2.05) is 12.1 Å². The van der Waals surface area contributed by atoms with Gasteiger partial charge in [-0.3, -0.25) is 0 Å². The SMILES string of the molecule is Nc1c(C(=O)O)ccnc1NCCc1ccc(Br)s1. The number of nitrogens with one attached hydrogen (secondary N) is 1. The number of nitrogens with zero attached hydrogens (tertiary/aromatic N) is 1. The van der Waals surface area contributed by atoms with Crippen LogP contribution in [0, 0.1) is 0 Å². The Morgan fingerprint density at radius 3 is 2.89 bits per heavy atom. The number of rotatable bonds is 5. The van der Waals surface area contributed by atoms with Gasteiger partial charge in [0.15, 0.2) is 0 Å². The molecule has 0 saturated heterocycles. The van der Waals surface area contributed by atoms with E-state index in [0.29, 0.717) is 12.4 Å². The van der Waals surface area contributed by atoms with Gasteiger partial charge in [-0.15, -0.1) is 11.3 Å². The van der Waals surface area contributed by atoms with Crippen molar-refractivity contribution in [3.05, 3.63) is 38.6 Å². The summed E-state index contributed by atoms with van der Waals surface area (Å²) in [6.07, 6.45) is 2.26. The minimum Gasteiger partial charge on any atom is -0.478 e. The highest BCUT2D eigenvalue weighted by molar-refractivity contribution is 9.11. The second kappa shape index (κ2) is 6.03. The van der Waals surface area contributed by atoms with Crippen molar-refractivity contribution < 1.29 is 9.90 Å². The maximum absolute atomic E-state index is 10.9. The van der Waals surface area contributed by atoms with Crippen LogP contribution in [0.4, 0.5) is 11.5 Å². The van der Waals surface area contributed by atoms with E-state index in [4.69, 9.17) is 10.8 Å². The molecule has 0 aromatic carbocycles. The Morgan fingerprint density at radius 2 is 2.26 bits per heavy atom. The molecule has 5 nitrogen and oxygen atoms in total. The van der Waals surface area contributed by atoms with Crippen LogP contribution in [0.25, 0.3) is 0 Å². The third kappa shape index (κ3) is 3.45. The second-order valence-corrected chi connectivity index (χ2v) is 6.36. The van der Waals surface area contributed by atoms with Crippen molar-refractivity contribution >= 4 is 44.7 Å². The quantitative estimate of drug-likeness (QED) is 0.778. The van der Waals surface area contributed by atoms with Crippen molar-refractivity contribution in [3.63, 3.8) is 0 Å². The molecule has 2 rings (SSSR count). The van der Waals surface area contributed by atoms with Gasteiger partial charge < -0.3 is 16.2 Å². The highest BCUT2D eigenvalue weighted by Gasteiger charge is 2.11. The lowest BCUT2D eigenvalue weighted by Crippen LogP contribution is -2.11. The first-order chi connectivity index (χ1) is 9.08. The number of anilines is 2. The molecule has 0 aliphatic heterocycles. The number of aromatic nitrogens is 1. The predicted molar refractivity (Wildman–Crippen MR) is 79.8 cm³/mol. The Labute approximate surface area is 122 Å². The zero-order valence-electron chi connectivity index (χ0n) is 9.89.